The molecule has 1 N–H and O–H groups in total. The van der Waals surface area contributed by atoms with Crippen molar-refractivity contribution in [3.63, 3.8) is 0 Å². The van der Waals surface area contributed by atoms with Crippen LogP contribution in [0.5, 0.6) is 0 Å². The summed E-state index contributed by atoms with van der Waals surface area (Å²) in [6.45, 7) is 4.11. The van der Waals surface area contributed by atoms with Crippen LogP contribution in [0.15, 0.2) is 22.6 Å². The number of nitrogens with one attached hydrogen (secondary N) is 1. The zero-order chi connectivity index (χ0) is 12.5. The minimum absolute atomic E-state index is 0.739. The highest BCUT2D eigenvalue weighted by Crippen LogP contribution is 2.46. The first-order valence-electron chi connectivity index (χ1n) is 6.71. The third-order valence-corrected chi connectivity index (χ3v) is 4.33. The Bertz CT molecular complexity index is 557. The Morgan fingerprint density at radius 3 is 2.94 bits per heavy atom. The van der Waals surface area contributed by atoms with Crippen LogP contribution in [0.25, 0.3) is 11.0 Å². The smallest absolute Gasteiger partial charge is 0.147 e. The molecular weight excluding hydrogens is 337 g/mol. The normalized spacial score (nSPS) is 15.4. The Labute approximate surface area is 121 Å². The summed E-state index contributed by atoms with van der Waals surface area (Å²) in [6.07, 6.45) is 3.80. The van der Waals surface area contributed by atoms with Gasteiger partial charge in [0.2, 0.25) is 0 Å². The van der Waals surface area contributed by atoms with Crippen molar-refractivity contribution >= 4 is 33.6 Å². The lowest BCUT2D eigenvalue weighted by Gasteiger charge is -2.02. The van der Waals surface area contributed by atoms with Crippen LogP contribution in [0, 0.1) is 3.57 Å². The zero-order valence-electron chi connectivity index (χ0n) is 10.6. The van der Waals surface area contributed by atoms with Crippen molar-refractivity contribution in [1.82, 2.24) is 5.32 Å². The predicted molar refractivity (Wildman–Crippen MR) is 82.9 cm³/mol. The minimum atomic E-state index is 0.739. The van der Waals surface area contributed by atoms with E-state index in [0.29, 0.717) is 0 Å². The number of para-hydroxylation sites is 1. The second kappa shape index (κ2) is 5.21. The first-order valence-corrected chi connectivity index (χ1v) is 7.79. The molecule has 0 amide bonds. The number of hydrogen-bond donors (Lipinski definition) is 1. The van der Waals surface area contributed by atoms with Gasteiger partial charge in [0.05, 0.1) is 10.1 Å². The van der Waals surface area contributed by atoms with Gasteiger partial charge in [-0.1, -0.05) is 19.1 Å². The highest BCUT2D eigenvalue weighted by Gasteiger charge is 2.30. The standard InChI is InChI=1S/C15H18INO/c1-2-8-17-9-13-14(10-6-7-10)11-4-3-5-12(16)15(11)18-13/h3-5,10,17H,2,6-9H2,1H3. The molecule has 0 aliphatic heterocycles. The van der Waals surface area contributed by atoms with Gasteiger partial charge in [-0.05, 0) is 60.4 Å². The summed E-state index contributed by atoms with van der Waals surface area (Å²) in [7, 11) is 0. The monoisotopic (exact) mass is 355 g/mol. The van der Waals surface area contributed by atoms with Gasteiger partial charge in [-0.15, -0.1) is 0 Å². The van der Waals surface area contributed by atoms with Crippen LogP contribution >= 0.6 is 22.6 Å². The SMILES string of the molecule is CCCNCc1oc2c(I)cccc2c1C1CC1. The van der Waals surface area contributed by atoms with Crippen LogP contribution in [0.2, 0.25) is 0 Å². The molecule has 1 aromatic carbocycles. The van der Waals surface area contributed by atoms with E-state index >= 15 is 0 Å². The number of rotatable bonds is 5. The van der Waals surface area contributed by atoms with Crippen LogP contribution in [0.4, 0.5) is 0 Å². The van der Waals surface area contributed by atoms with Gasteiger partial charge in [0.15, 0.2) is 0 Å². The summed E-state index contributed by atoms with van der Waals surface area (Å²) in [5.74, 6) is 1.90. The van der Waals surface area contributed by atoms with Crippen LogP contribution in [0.3, 0.4) is 0 Å². The Balaban J connectivity index is 2.01. The van der Waals surface area contributed by atoms with Gasteiger partial charge < -0.3 is 9.73 Å². The largest absolute Gasteiger partial charge is 0.458 e. The molecule has 96 valence electrons. The van der Waals surface area contributed by atoms with Gasteiger partial charge in [0.25, 0.3) is 0 Å². The number of benzene rings is 1. The Hall–Kier alpha value is -0.550. The lowest BCUT2D eigenvalue weighted by Crippen LogP contribution is -2.14. The molecular formula is C15H18INO. The molecule has 1 aromatic heterocycles. The van der Waals surface area contributed by atoms with Crippen molar-refractivity contribution < 1.29 is 4.42 Å². The molecule has 1 fully saturated rings. The van der Waals surface area contributed by atoms with Gasteiger partial charge in [-0.2, -0.15) is 0 Å². The summed E-state index contributed by atoms with van der Waals surface area (Å²) in [5.41, 5.74) is 2.54. The van der Waals surface area contributed by atoms with Crippen molar-refractivity contribution in [3.8, 4) is 0 Å². The molecule has 1 saturated carbocycles. The third-order valence-electron chi connectivity index (χ3n) is 3.48. The molecule has 1 aliphatic rings. The predicted octanol–water partition coefficient (Wildman–Crippen LogP) is 4.41. The Morgan fingerprint density at radius 2 is 2.22 bits per heavy atom. The molecule has 3 heteroatoms. The van der Waals surface area contributed by atoms with E-state index in [1.807, 2.05) is 0 Å². The first kappa shape index (κ1) is 12.5. The maximum atomic E-state index is 6.11. The molecule has 0 spiro atoms. The van der Waals surface area contributed by atoms with Crippen LogP contribution in [-0.4, -0.2) is 6.54 Å². The molecule has 2 aromatic rings. The van der Waals surface area contributed by atoms with E-state index < -0.39 is 0 Å². The van der Waals surface area contributed by atoms with Gasteiger partial charge in [-0.25, -0.2) is 0 Å². The number of hydrogen-bond acceptors (Lipinski definition) is 2. The van der Waals surface area contributed by atoms with Crippen molar-refractivity contribution in [2.24, 2.45) is 0 Å². The fraction of sp³-hybridized carbons (Fsp3) is 0.467. The fourth-order valence-corrected chi connectivity index (χ4v) is 3.09. The minimum Gasteiger partial charge on any atom is -0.458 e. The topological polar surface area (TPSA) is 25.2 Å². The summed E-state index contributed by atoms with van der Waals surface area (Å²) < 4.78 is 7.32. The molecule has 0 atom stereocenters. The summed E-state index contributed by atoms with van der Waals surface area (Å²) >= 11 is 2.36. The van der Waals surface area contributed by atoms with Crippen molar-refractivity contribution in [3.05, 3.63) is 33.1 Å². The molecule has 3 rings (SSSR count). The van der Waals surface area contributed by atoms with E-state index in [4.69, 9.17) is 4.42 Å². The highest BCUT2D eigenvalue weighted by atomic mass is 127. The lowest BCUT2D eigenvalue weighted by molar-refractivity contribution is 0.506. The van der Waals surface area contributed by atoms with Gasteiger partial charge in [0, 0.05) is 10.9 Å². The van der Waals surface area contributed by atoms with E-state index in [2.05, 4.69) is 53.0 Å². The van der Waals surface area contributed by atoms with E-state index in [1.54, 1.807) is 0 Å². The molecule has 0 saturated heterocycles. The third kappa shape index (κ3) is 2.30. The fourth-order valence-electron chi connectivity index (χ4n) is 2.48. The number of fused-ring (bicyclic) bond motifs is 1. The van der Waals surface area contributed by atoms with Gasteiger partial charge in [0.1, 0.15) is 11.3 Å². The number of halogens is 1. The van der Waals surface area contributed by atoms with Crippen molar-refractivity contribution in [2.45, 2.75) is 38.6 Å². The molecule has 2 nitrogen and oxygen atoms in total. The average molecular weight is 355 g/mol. The van der Waals surface area contributed by atoms with E-state index in [0.717, 1.165) is 36.8 Å². The van der Waals surface area contributed by atoms with Crippen LogP contribution < -0.4 is 5.32 Å². The van der Waals surface area contributed by atoms with E-state index in [-0.39, 0.29) is 0 Å². The molecule has 0 radical (unpaired) electrons. The highest BCUT2D eigenvalue weighted by molar-refractivity contribution is 14.1. The van der Waals surface area contributed by atoms with E-state index in [9.17, 15) is 0 Å². The Morgan fingerprint density at radius 1 is 1.39 bits per heavy atom. The second-order valence-electron chi connectivity index (χ2n) is 5.01. The quantitative estimate of drug-likeness (QED) is 0.635. The number of furan rings is 1. The maximum Gasteiger partial charge on any atom is 0.147 e. The van der Waals surface area contributed by atoms with Gasteiger partial charge in [-0.3, -0.25) is 0 Å². The molecule has 1 aliphatic carbocycles. The first-order chi connectivity index (χ1) is 8.81. The van der Waals surface area contributed by atoms with E-state index in [1.165, 1.54) is 27.4 Å². The van der Waals surface area contributed by atoms with Crippen LogP contribution in [-0.2, 0) is 6.54 Å². The maximum absolute atomic E-state index is 6.11. The Kier molecular flexibility index (Phi) is 3.61. The molecule has 0 bridgehead atoms. The van der Waals surface area contributed by atoms with Gasteiger partial charge >= 0.3 is 0 Å². The summed E-state index contributed by atoms with van der Waals surface area (Å²) in [5, 5.41) is 4.79. The summed E-state index contributed by atoms with van der Waals surface area (Å²) in [6, 6.07) is 6.46. The molecule has 18 heavy (non-hydrogen) atoms. The second-order valence-corrected chi connectivity index (χ2v) is 6.17. The zero-order valence-corrected chi connectivity index (χ0v) is 12.8. The average Bonchev–Trinajstić information content (AvgIpc) is 3.12. The van der Waals surface area contributed by atoms with Crippen LogP contribution in [0.1, 0.15) is 43.4 Å². The molecule has 1 heterocycles. The molecule has 0 unspecified atom stereocenters. The lowest BCUT2D eigenvalue weighted by atomic mass is 10.1. The van der Waals surface area contributed by atoms with Crippen molar-refractivity contribution in [2.75, 3.05) is 6.54 Å². The summed E-state index contributed by atoms with van der Waals surface area (Å²) in [4.78, 5) is 0. The van der Waals surface area contributed by atoms with Crippen molar-refractivity contribution in [1.29, 1.82) is 0 Å².